The lowest BCUT2D eigenvalue weighted by Crippen LogP contribution is -2.35. The molecule has 0 amide bonds. The maximum Gasteiger partial charge on any atom is 0.124 e. The Balaban J connectivity index is 0.00000108. The third-order valence-corrected chi connectivity index (χ3v) is 3.32. The molecule has 2 aromatic carbocycles. The van der Waals surface area contributed by atoms with Gasteiger partial charge in [0.05, 0.1) is 7.11 Å². The van der Waals surface area contributed by atoms with Crippen LogP contribution >= 0.6 is 12.4 Å². The Bertz CT molecular complexity index is 523. The number of nitrogens with one attached hydrogen (secondary N) is 1. The van der Waals surface area contributed by atoms with Gasteiger partial charge in [0.25, 0.3) is 0 Å². The summed E-state index contributed by atoms with van der Waals surface area (Å²) in [4.78, 5) is 0. The van der Waals surface area contributed by atoms with Gasteiger partial charge in [0, 0.05) is 11.6 Å². The molecular formula is C14H16ClNO. The summed E-state index contributed by atoms with van der Waals surface area (Å²) in [7, 11) is 1.74. The molecule has 17 heavy (non-hydrogen) atoms. The fourth-order valence-electron chi connectivity index (χ4n) is 2.35. The molecule has 3 rings (SSSR count). The molecule has 0 radical (unpaired) electrons. The lowest BCUT2D eigenvalue weighted by molar-refractivity contribution is 0.356. The molecule has 1 aliphatic rings. The van der Waals surface area contributed by atoms with E-state index in [2.05, 4.69) is 41.7 Å². The zero-order valence-electron chi connectivity index (χ0n) is 9.77. The highest BCUT2D eigenvalue weighted by atomic mass is 35.5. The van der Waals surface area contributed by atoms with Gasteiger partial charge in [0.15, 0.2) is 0 Å². The highest BCUT2D eigenvalue weighted by molar-refractivity contribution is 5.88. The Kier molecular flexibility index (Phi) is 3.55. The first-order chi connectivity index (χ1) is 7.90. The molecule has 0 bridgehead atoms. The van der Waals surface area contributed by atoms with Crippen molar-refractivity contribution in [3.05, 3.63) is 42.0 Å². The van der Waals surface area contributed by atoms with Crippen LogP contribution < -0.4 is 10.1 Å². The first kappa shape index (κ1) is 12.2. The standard InChI is InChI=1S/C14H15NO.ClH/c1-16-13-7-6-10-4-2-3-5-11(10)14(13)12-8-9-15-12;/h2-7,12,15H,8-9H2,1H3;1H/t12-;/m0./s1. The van der Waals surface area contributed by atoms with E-state index in [0.717, 1.165) is 12.3 Å². The molecule has 1 fully saturated rings. The van der Waals surface area contributed by atoms with Crippen molar-refractivity contribution in [2.45, 2.75) is 12.5 Å². The van der Waals surface area contributed by atoms with Gasteiger partial charge in [-0.25, -0.2) is 0 Å². The van der Waals surface area contributed by atoms with Crippen LogP contribution in [0.2, 0.25) is 0 Å². The largest absolute Gasteiger partial charge is 0.496 e. The Labute approximate surface area is 107 Å². The minimum atomic E-state index is 0. The molecule has 2 nitrogen and oxygen atoms in total. The molecule has 1 aliphatic heterocycles. The lowest BCUT2D eigenvalue weighted by Gasteiger charge is -2.30. The molecule has 1 N–H and O–H groups in total. The molecule has 90 valence electrons. The minimum absolute atomic E-state index is 0. The second-order valence-electron chi connectivity index (χ2n) is 4.20. The second kappa shape index (κ2) is 4.94. The van der Waals surface area contributed by atoms with Crippen LogP contribution in [-0.2, 0) is 0 Å². The Morgan fingerprint density at radius 2 is 1.94 bits per heavy atom. The van der Waals surface area contributed by atoms with Gasteiger partial charge in [-0.15, -0.1) is 12.4 Å². The molecule has 2 aromatic rings. The summed E-state index contributed by atoms with van der Waals surface area (Å²) in [5, 5.41) is 6.04. The van der Waals surface area contributed by atoms with Crippen molar-refractivity contribution in [3.8, 4) is 5.75 Å². The van der Waals surface area contributed by atoms with Gasteiger partial charge in [0.1, 0.15) is 5.75 Å². The fourth-order valence-corrected chi connectivity index (χ4v) is 2.35. The summed E-state index contributed by atoms with van der Waals surface area (Å²) in [5.74, 6) is 0.996. The summed E-state index contributed by atoms with van der Waals surface area (Å²) in [6.45, 7) is 1.11. The van der Waals surface area contributed by atoms with Crippen molar-refractivity contribution in [3.63, 3.8) is 0 Å². The molecule has 1 saturated heterocycles. The van der Waals surface area contributed by atoms with E-state index < -0.39 is 0 Å². The summed E-state index contributed by atoms with van der Waals surface area (Å²) in [6.07, 6.45) is 1.20. The van der Waals surface area contributed by atoms with Gasteiger partial charge < -0.3 is 10.1 Å². The molecule has 3 heteroatoms. The van der Waals surface area contributed by atoms with Crippen LogP contribution in [0.1, 0.15) is 18.0 Å². The van der Waals surface area contributed by atoms with Gasteiger partial charge in [-0.3, -0.25) is 0 Å². The van der Waals surface area contributed by atoms with Crippen LogP contribution in [0, 0.1) is 0 Å². The zero-order valence-corrected chi connectivity index (χ0v) is 10.6. The maximum atomic E-state index is 5.47. The highest BCUT2D eigenvalue weighted by Crippen LogP contribution is 2.36. The van der Waals surface area contributed by atoms with Gasteiger partial charge >= 0.3 is 0 Å². The van der Waals surface area contributed by atoms with E-state index in [1.165, 1.54) is 22.8 Å². The maximum absolute atomic E-state index is 5.47. The van der Waals surface area contributed by atoms with E-state index in [4.69, 9.17) is 4.74 Å². The van der Waals surface area contributed by atoms with Crippen molar-refractivity contribution in [2.24, 2.45) is 0 Å². The summed E-state index contributed by atoms with van der Waals surface area (Å²) in [6, 6.07) is 13.1. The number of benzene rings is 2. The number of ether oxygens (including phenoxy) is 1. The van der Waals surface area contributed by atoms with Crippen molar-refractivity contribution < 1.29 is 4.74 Å². The number of fused-ring (bicyclic) bond motifs is 1. The molecule has 0 aliphatic carbocycles. The number of rotatable bonds is 2. The number of halogens is 1. The molecule has 0 saturated carbocycles. The van der Waals surface area contributed by atoms with Crippen molar-refractivity contribution >= 4 is 23.2 Å². The van der Waals surface area contributed by atoms with Crippen LogP contribution in [0.5, 0.6) is 5.75 Å². The first-order valence-corrected chi connectivity index (χ1v) is 5.69. The van der Waals surface area contributed by atoms with Crippen molar-refractivity contribution in [1.82, 2.24) is 5.32 Å². The van der Waals surface area contributed by atoms with E-state index in [1.54, 1.807) is 7.11 Å². The topological polar surface area (TPSA) is 21.3 Å². The molecule has 1 atom stereocenters. The quantitative estimate of drug-likeness (QED) is 0.882. The Morgan fingerprint density at radius 1 is 1.18 bits per heavy atom. The number of methoxy groups -OCH3 is 1. The summed E-state index contributed by atoms with van der Waals surface area (Å²) >= 11 is 0. The third-order valence-electron chi connectivity index (χ3n) is 3.32. The smallest absolute Gasteiger partial charge is 0.124 e. The van der Waals surface area contributed by atoms with E-state index in [-0.39, 0.29) is 12.4 Å². The molecule has 0 aromatic heterocycles. The predicted molar refractivity (Wildman–Crippen MR) is 73.1 cm³/mol. The zero-order chi connectivity index (χ0) is 11.0. The fraction of sp³-hybridized carbons (Fsp3) is 0.286. The average molecular weight is 250 g/mol. The van der Waals surface area contributed by atoms with Gasteiger partial charge in [-0.1, -0.05) is 30.3 Å². The normalized spacial score (nSPS) is 18.3. The average Bonchev–Trinajstić information content (AvgIpc) is 2.27. The first-order valence-electron chi connectivity index (χ1n) is 5.69. The van der Waals surface area contributed by atoms with E-state index in [0.29, 0.717) is 6.04 Å². The van der Waals surface area contributed by atoms with Gasteiger partial charge in [0.2, 0.25) is 0 Å². The third kappa shape index (κ3) is 1.99. The SMILES string of the molecule is COc1ccc2ccccc2c1[C@@H]1CCN1.Cl. The second-order valence-corrected chi connectivity index (χ2v) is 4.20. The number of hydrogen-bond donors (Lipinski definition) is 1. The molecule has 0 unspecified atom stereocenters. The predicted octanol–water partition coefficient (Wildman–Crippen LogP) is 3.30. The minimum Gasteiger partial charge on any atom is -0.496 e. The van der Waals surface area contributed by atoms with Crippen molar-refractivity contribution in [2.75, 3.05) is 13.7 Å². The van der Waals surface area contributed by atoms with Crippen LogP contribution in [0.4, 0.5) is 0 Å². The van der Waals surface area contributed by atoms with Crippen LogP contribution in [0.25, 0.3) is 10.8 Å². The Morgan fingerprint density at radius 3 is 2.59 bits per heavy atom. The van der Waals surface area contributed by atoms with E-state index in [9.17, 15) is 0 Å². The van der Waals surface area contributed by atoms with Crippen LogP contribution in [0.3, 0.4) is 0 Å². The Hall–Kier alpha value is -1.25. The van der Waals surface area contributed by atoms with Crippen LogP contribution in [-0.4, -0.2) is 13.7 Å². The summed E-state index contributed by atoms with van der Waals surface area (Å²) < 4.78 is 5.47. The van der Waals surface area contributed by atoms with E-state index in [1.807, 2.05) is 0 Å². The van der Waals surface area contributed by atoms with Crippen molar-refractivity contribution in [1.29, 1.82) is 0 Å². The number of hydrogen-bond acceptors (Lipinski definition) is 2. The van der Waals surface area contributed by atoms with Crippen LogP contribution in [0.15, 0.2) is 36.4 Å². The monoisotopic (exact) mass is 249 g/mol. The van der Waals surface area contributed by atoms with E-state index >= 15 is 0 Å². The molecule has 0 spiro atoms. The van der Waals surface area contributed by atoms with Gasteiger partial charge in [-0.2, -0.15) is 0 Å². The highest BCUT2D eigenvalue weighted by Gasteiger charge is 2.23. The molecule has 1 heterocycles. The molecular weight excluding hydrogens is 234 g/mol. The lowest BCUT2D eigenvalue weighted by atomic mass is 9.92. The summed E-state index contributed by atoms with van der Waals surface area (Å²) in [5.41, 5.74) is 1.31. The van der Waals surface area contributed by atoms with Gasteiger partial charge in [-0.05, 0) is 29.8 Å².